The Hall–Kier alpha value is -0.800. The monoisotopic (exact) mass is 181 g/mol. The van der Waals surface area contributed by atoms with Gasteiger partial charge in [-0.25, -0.2) is 4.59 Å². The van der Waals surface area contributed by atoms with Crippen molar-refractivity contribution in [3.8, 4) is 0 Å². The molecule has 0 amide bonds. The molecule has 2 aliphatic rings. The quantitative estimate of drug-likeness (QED) is 0.404. The molecule has 0 aliphatic carbocycles. The number of hydrogen-bond donors (Lipinski definition) is 1. The summed E-state index contributed by atoms with van der Waals surface area (Å²) in [5, 5.41) is 10.8. The van der Waals surface area contributed by atoms with Crippen molar-refractivity contribution in [1.29, 1.82) is 0 Å². The maximum atomic E-state index is 8.45. The second-order valence-corrected chi connectivity index (χ2v) is 3.90. The molecule has 2 rings (SSSR count). The molecule has 2 fully saturated rings. The zero-order valence-electron chi connectivity index (χ0n) is 8.06. The van der Waals surface area contributed by atoms with Gasteiger partial charge in [0.25, 0.3) is 0 Å². The summed E-state index contributed by atoms with van der Waals surface area (Å²) in [5.74, 6) is 0. The highest BCUT2D eigenvalue weighted by molar-refractivity contribution is 4.92. The molecule has 2 atom stereocenters. The van der Waals surface area contributed by atoms with E-state index < -0.39 is 0 Å². The standard InChI is InChI=1S/C10H16N2O/c1-11-6-5-10-9-12(10,11)7-3-2-4-8-13/h3-4,7-8,10H,2,5-6,9H2,1H3/p+1/b7-3-,8-4-. The number of hydrogen-bond acceptors (Lipinski definition) is 2. The molecule has 3 nitrogen and oxygen atoms in total. The van der Waals surface area contributed by atoms with Crippen LogP contribution in [0.4, 0.5) is 0 Å². The minimum absolute atomic E-state index is 0.830. The Balaban J connectivity index is 1.91. The van der Waals surface area contributed by atoms with E-state index in [-0.39, 0.29) is 0 Å². The molecule has 0 saturated carbocycles. The van der Waals surface area contributed by atoms with Gasteiger partial charge in [-0.3, -0.25) is 0 Å². The Morgan fingerprint density at radius 1 is 1.54 bits per heavy atom. The van der Waals surface area contributed by atoms with Gasteiger partial charge in [-0.1, -0.05) is 0 Å². The van der Waals surface area contributed by atoms with E-state index in [1.54, 1.807) is 6.08 Å². The van der Waals surface area contributed by atoms with Crippen molar-refractivity contribution in [2.24, 2.45) is 0 Å². The SMILES string of the molecule is CN1CCC2C[N+]21/C=C\C/C=C\O. The second-order valence-electron chi connectivity index (χ2n) is 3.90. The summed E-state index contributed by atoms with van der Waals surface area (Å²) in [6.07, 6.45) is 9.42. The first-order valence-corrected chi connectivity index (χ1v) is 4.85. The summed E-state index contributed by atoms with van der Waals surface area (Å²) in [6, 6.07) is 0.847. The number of allylic oxidation sites excluding steroid dienone is 2. The number of aliphatic hydroxyl groups is 1. The molecule has 0 spiro atoms. The van der Waals surface area contributed by atoms with Crippen LogP contribution in [-0.2, 0) is 0 Å². The van der Waals surface area contributed by atoms with Crippen molar-refractivity contribution >= 4 is 0 Å². The lowest BCUT2D eigenvalue weighted by Gasteiger charge is -2.19. The zero-order valence-corrected chi connectivity index (χ0v) is 8.06. The topological polar surface area (TPSA) is 23.5 Å². The first kappa shape index (κ1) is 8.78. The fourth-order valence-corrected chi connectivity index (χ4v) is 2.22. The van der Waals surface area contributed by atoms with Crippen molar-refractivity contribution in [2.45, 2.75) is 18.9 Å². The van der Waals surface area contributed by atoms with Crippen LogP contribution in [0.5, 0.6) is 0 Å². The minimum atomic E-state index is 0.830. The van der Waals surface area contributed by atoms with Crippen LogP contribution in [0.3, 0.4) is 0 Å². The van der Waals surface area contributed by atoms with Crippen molar-refractivity contribution in [3.05, 3.63) is 24.6 Å². The van der Waals surface area contributed by atoms with Crippen LogP contribution >= 0.6 is 0 Å². The lowest BCUT2D eigenvalue weighted by atomic mass is 10.3. The smallest absolute Gasteiger partial charge is 0.164 e. The van der Waals surface area contributed by atoms with Gasteiger partial charge in [0.1, 0.15) is 6.20 Å². The Kier molecular flexibility index (Phi) is 2.14. The van der Waals surface area contributed by atoms with E-state index >= 15 is 0 Å². The average molecular weight is 181 g/mol. The molecule has 72 valence electrons. The molecule has 2 heterocycles. The number of fused-ring (bicyclic) bond motifs is 1. The third-order valence-corrected chi connectivity index (χ3v) is 3.16. The molecule has 2 unspecified atom stereocenters. The van der Waals surface area contributed by atoms with Crippen LogP contribution in [0.2, 0.25) is 0 Å². The van der Waals surface area contributed by atoms with Gasteiger partial charge in [0.15, 0.2) is 12.6 Å². The van der Waals surface area contributed by atoms with Gasteiger partial charge in [0, 0.05) is 13.5 Å². The molecule has 1 N–H and O–H groups in total. The number of aliphatic hydroxyl groups excluding tert-OH is 1. The van der Waals surface area contributed by atoms with Crippen molar-refractivity contribution in [3.63, 3.8) is 0 Å². The highest BCUT2D eigenvalue weighted by Gasteiger charge is 2.61. The van der Waals surface area contributed by atoms with Gasteiger partial charge in [0.05, 0.1) is 12.8 Å². The van der Waals surface area contributed by atoms with Gasteiger partial charge in [-0.15, -0.1) is 0 Å². The lowest BCUT2D eigenvalue weighted by molar-refractivity contribution is -0.872. The van der Waals surface area contributed by atoms with E-state index in [0.29, 0.717) is 0 Å². The minimum Gasteiger partial charge on any atom is -0.516 e. The first-order valence-electron chi connectivity index (χ1n) is 4.85. The number of nitrogens with zero attached hydrogens (tertiary/aromatic N) is 2. The van der Waals surface area contributed by atoms with E-state index in [0.717, 1.165) is 23.3 Å². The van der Waals surface area contributed by atoms with Crippen LogP contribution < -0.4 is 0 Å². The van der Waals surface area contributed by atoms with Crippen molar-refractivity contribution < 1.29 is 9.70 Å². The second kappa shape index (κ2) is 3.16. The Morgan fingerprint density at radius 3 is 2.92 bits per heavy atom. The predicted molar refractivity (Wildman–Crippen MR) is 51.7 cm³/mol. The average Bonchev–Trinajstić information content (AvgIpc) is 2.77. The summed E-state index contributed by atoms with van der Waals surface area (Å²) in [5.41, 5.74) is 0. The van der Waals surface area contributed by atoms with E-state index in [1.807, 2.05) is 0 Å². The van der Waals surface area contributed by atoms with Gasteiger partial charge in [-0.2, -0.15) is 5.01 Å². The molecular weight excluding hydrogens is 164 g/mol. The molecule has 0 bridgehead atoms. The summed E-state index contributed by atoms with van der Waals surface area (Å²) in [6.45, 7) is 2.49. The van der Waals surface area contributed by atoms with Crippen LogP contribution in [0.1, 0.15) is 12.8 Å². The molecule has 2 aliphatic heterocycles. The zero-order chi connectivity index (χ0) is 9.31. The highest BCUT2D eigenvalue weighted by Crippen LogP contribution is 2.41. The van der Waals surface area contributed by atoms with E-state index in [9.17, 15) is 0 Å². The number of rotatable bonds is 3. The Morgan fingerprint density at radius 2 is 2.38 bits per heavy atom. The summed E-state index contributed by atoms with van der Waals surface area (Å²) < 4.78 is 1.05. The molecule has 0 aromatic carbocycles. The first-order chi connectivity index (χ1) is 6.29. The van der Waals surface area contributed by atoms with Gasteiger partial charge < -0.3 is 5.11 Å². The van der Waals surface area contributed by atoms with Crippen molar-refractivity contribution in [2.75, 3.05) is 20.1 Å². The third-order valence-electron chi connectivity index (χ3n) is 3.16. The predicted octanol–water partition coefficient (Wildman–Crippen LogP) is 1.41. The van der Waals surface area contributed by atoms with Crippen LogP contribution in [0.15, 0.2) is 24.6 Å². The van der Waals surface area contributed by atoms with Crippen LogP contribution in [0, 0.1) is 0 Å². The van der Waals surface area contributed by atoms with E-state index in [4.69, 9.17) is 5.11 Å². The largest absolute Gasteiger partial charge is 0.516 e. The van der Waals surface area contributed by atoms with Gasteiger partial charge in [-0.05, 0) is 18.6 Å². The molecule has 3 heteroatoms. The van der Waals surface area contributed by atoms with Crippen LogP contribution in [-0.4, -0.2) is 40.9 Å². The number of quaternary nitrogens is 1. The summed E-state index contributed by atoms with van der Waals surface area (Å²) in [7, 11) is 2.18. The molecule has 2 saturated heterocycles. The maximum absolute atomic E-state index is 8.45. The fourth-order valence-electron chi connectivity index (χ4n) is 2.22. The highest BCUT2D eigenvalue weighted by atomic mass is 16.2. The molecule has 0 aromatic heterocycles. The van der Waals surface area contributed by atoms with Crippen LogP contribution in [0.25, 0.3) is 0 Å². The fraction of sp³-hybridized carbons (Fsp3) is 0.600. The summed E-state index contributed by atoms with van der Waals surface area (Å²) >= 11 is 0. The van der Waals surface area contributed by atoms with Gasteiger partial charge in [0.2, 0.25) is 0 Å². The lowest BCUT2D eigenvalue weighted by Crippen LogP contribution is -2.34. The molecule has 13 heavy (non-hydrogen) atoms. The van der Waals surface area contributed by atoms with Gasteiger partial charge >= 0.3 is 0 Å². The summed E-state index contributed by atoms with van der Waals surface area (Å²) in [4.78, 5) is 0. The third kappa shape index (κ3) is 1.38. The van der Waals surface area contributed by atoms with E-state index in [1.165, 1.54) is 19.5 Å². The normalized spacial score (nSPS) is 39.0. The molecular formula is C10H17N2O+. The Labute approximate surface area is 79.1 Å². The molecule has 0 aromatic rings. The Bertz CT molecular complexity index is 249. The van der Waals surface area contributed by atoms with Crippen molar-refractivity contribution in [1.82, 2.24) is 5.01 Å². The van der Waals surface area contributed by atoms with E-state index in [2.05, 4.69) is 24.3 Å². The maximum Gasteiger partial charge on any atom is 0.164 e. The molecule has 0 radical (unpaired) electrons.